The number of benzene rings is 2. The van der Waals surface area contributed by atoms with E-state index in [1.807, 2.05) is 5.32 Å². The number of urea groups is 1. The van der Waals surface area contributed by atoms with Crippen molar-refractivity contribution in [2.75, 3.05) is 5.32 Å². The third-order valence-corrected chi connectivity index (χ3v) is 5.51. The van der Waals surface area contributed by atoms with Crippen LogP contribution >= 0.6 is 22.9 Å². The maximum atomic E-state index is 14.1. The van der Waals surface area contributed by atoms with Crippen molar-refractivity contribution in [1.82, 2.24) is 10.3 Å². The van der Waals surface area contributed by atoms with Crippen LogP contribution in [0.25, 0.3) is 10.2 Å². The summed E-state index contributed by atoms with van der Waals surface area (Å²) in [7, 11) is 0. The summed E-state index contributed by atoms with van der Waals surface area (Å²) < 4.78 is 36.4. The monoisotopic (exact) mass is 440 g/mol. The van der Waals surface area contributed by atoms with E-state index in [4.69, 9.17) is 11.6 Å². The van der Waals surface area contributed by atoms with Gasteiger partial charge in [0, 0.05) is 5.75 Å². The summed E-state index contributed by atoms with van der Waals surface area (Å²) in [6.07, 6.45) is 0. The van der Waals surface area contributed by atoms with Gasteiger partial charge >= 0.3 is 6.03 Å². The molecule has 0 aliphatic heterocycles. The van der Waals surface area contributed by atoms with Gasteiger partial charge in [-0.25, -0.2) is 14.2 Å². The van der Waals surface area contributed by atoms with Gasteiger partial charge in [-0.05, 0) is 36.2 Å². The number of rotatable bonds is 4. The van der Waals surface area contributed by atoms with Gasteiger partial charge in [-0.15, -0.1) is 0 Å². The van der Waals surface area contributed by atoms with Crippen molar-refractivity contribution in [2.24, 2.45) is 0 Å². The van der Waals surface area contributed by atoms with E-state index in [1.54, 1.807) is 18.2 Å². The fourth-order valence-electron chi connectivity index (χ4n) is 2.41. The number of amides is 3. The third-order valence-electron chi connectivity index (χ3n) is 3.70. The van der Waals surface area contributed by atoms with Gasteiger partial charge in [-0.2, -0.15) is 0 Å². The van der Waals surface area contributed by atoms with Gasteiger partial charge in [-0.3, -0.25) is 19.6 Å². The maximum Gasteiger partial charge on any atom is 0.327 e. The highest BCUT2D eigenvalue weighted by molar-refractivity contribution is 7.78. The van der Waals surface area contributed by atoms with Crippen molar-refractivity contribution >= 4 is 61.3 Å². The number of hydrogen-bond acceptors (Lipinski definition) is 6. The van der Waals surface area contributed by atoms with E-state index in [-0.39, 0.29) is 21.5 Å². The first-order chi connectivity index (χ1) is 13.2. The van der Waals surface area contributed by atoms with Crippen LogP contribution in [0.3, 0.4) is 0 Å². The van der Waals surface area contributed by atoms with E-state index >= 15 is 0 Å². The van der Waals surface area contributed by atoms with E-state index in [0.717, 1.165) is 11.3 Å². The minimum Gasteiger partial charge on any atom is -0.772 e. The molecule has 3 rings (SSSR count). The summed E-state index contributed by atoms with van der Waals surface area (Å²) in [6, 6.07) is 6.79. The zero-order valence-electron chi connectivity index (χ0n) is 14.2. The molecule has 7 nitrogen and oxygen atoms in total. The topological polar surface area (TPSA) is 111 Å². The van der Waals surface area contributed by atoms with Crippen LogP contribution in [-0.4, -0.2) is 25.7 Å². The average molecular weight is 441 g/mol. The minimum atomic E-state index is -2.22. The molecule has 0 radical (unpaired) electrons. The van der Waals surface area contributed by atoms with E-state index < -0.39 is 34.4 Å². The second kappa shape index (κ2) is 8.31. The molecular weight excluding hydrogens is 429 g/mol. The van der Waals surface area contributed by atoms with Gasteiger partial charge in [0.2, 0.25) is 0 Å². The molecule has 11 heteroatoms. The molecule has 0 fully saturated rings. The number of anilines is 1. The molecule has 1 unspecified atom stereocenters. The fourth-order valence-corrected chi connectivity index (χ4v) is 4.02. The predicted molar refractivity (Wildman–Crippen MR) is 105 cm³/mol. The molecule has 0 aliphatic rings. The molecule has 0 saturated heterocycles. The van der Waals surface area contributed by atoms with Gasteiger partial charge in [0.15, 0.2) is 5.13 Å². The summed E-state index contributed by atoms with van der Waals surface area (Å²) in [5.41, 5.74) is 0.937. The van der Waals surface area contributed by atoms with E-state index in [0.29, 0.717) is 15.8 Å². The van der Waals surface area contributed by atoms with Crippen LogP contribution in [0, 0.1) is 12.7 Å². The number of nitrogens with zero attached hydrogens (tertiary/aromatic N) is 1. The highest BCUT2D eigenvalue weighted by Gasteiger charge is 2.20. The number of aromatic nitrogens is 1. The Morgan fingerprint density at radius 3 is 2.79 bits per heavy atom. The predicted octanol–water partition coefficient (Wildman–Crippen LogP) is 3.74. The smallest absolute Gasteiger partial charge is 0.327 e. The van der Waals surface area contributed by atoms with Crippen LogP contribution in [0.4, 0.5) is 14.3 Å². The second-order valence-electron chi connectivity index (χ2n) is 5.73. The summed E-state index contributed by atoms with van der Waals surface area (Å²) in [5, 5.41) is 4.48. The van der Waals surface area contributed by atoms with Crippen molar-refractivity contribution in [1.29, 1.82) is 0 Å². The molecule has 0 saturated carbocycles. The first-order valence-corrected chi connectivity index (χ1v) is 10.2. The third kappa shape index (κ3) is 4.53. The number of thiazole rings is 1. The molecule has 28 heavy (non-hydrogen) atoms. The molecule has 3 amide bonds. The lowest BCUT2D eigenvalue weighted by atomic mass is 10.1. The van der Waals surface area contributed by atoms with Crippen molar-refractivity contribution in [2.45, 2.75) is 12.7 Å². The molecule has 1 atom stereocenters. The number of carbonyl (C=O) groups is 2. The quantitative estimate of drug-likeness (QED) is 0.600. The van der Waals surface area contributed by atoms with Crippen LogP contribution < -0.4 is 10.6 Å². The Morgan fingerprint density at radius 1 is 1.32 bits per heavy atom. The number of halogens is 2. The molecule has 0 bridgehead atoms. The van der Waals surface area contributed by atoms with Crippen LogP contribution in [0.15, 0.2) is 30.3 Å². The number of fused-ring (bicyclic) bond motifs is 1. The van der Waals surface area contributed by atoms with Crippen molar-refractivity contribution < 1.29 is 22.7 Å². The number of carbonyl (C=O) groups excluding carboxylic acids is 2. The Balaban J connectivity index is 1.73. The highest BCUT2D eigenvalue weighted by Crippen LogP contribution is 2.27. The zero-order valence-corrected chi connectivity index (χ0v) is 16.6. The summed E-state index contributed by atoms with van der Waals surface area (Å²) in [6.45, 7) is 1.47. The molecule has 3 aromatic rings. The Morgan fingerprint density at radius 2 is 2.07 bits per heavy atom. The lowest BCUT2D eigenvalue weighted by Crippen LogP contribution is -2.35. The van der Waals surface area contributed by atoms with Gasteiger partial charge in [0.05, 0.1) is 20.8 Å². The van der Waals surface area contributed by atoms with Crippen LogP contribution in [-0.2, 0) is 16.8 Å². The number of imide groups is 1. The van der Waals surface area contributed by atoms with E-state index in [9.17, 15) is 22.7 Å². The van der Waals surface area contributed by atoms with Crippen molar-refractivity contribution in [3.63, 3.8) is 0 Å². The van der Waals surface area contributed by atoms with Crippen LogP contribution in [0.1, 0.15) is 21.5 Å². The molecule has 0 aliphatic carbocycles. The minimum absolute atomic E-state index is 0.114. The number of hydrogen-bond donors (Lipinski definition) is 2. The van der Waals surface area contributed by atoms with Gasteiger partial charge in [0.25, 0.3) is 5.91 Å². The molecule has 2 aromatic carbocycles. The van der Waals surface area contributed by atoms with Gasteiger partial charge in [0.1, 0.15) is 5.82 Å². The molecule has 146 valence electrons. The lowest BCUT2D eigenvalue weighted by molar-refractivity contribution is 0.0963. The van der Waals surface area contributed by atoms with Gasteiger partial charge in [-0.1, -0.05) is 46.2 Å². The lowest BCUT2D eigenvalue weighted by Gasteiger charge is -2.08. The summed E-state index contributed by atoms with van der Waals surface area (Å²) in [4.78, 5) is 28.4. The van der Waals surface area contributed by atoms with E-state index in [1.165, 1.54) is 19.1 Å². The second-order valence-corrected chi connectivity index (χ2v) is 8.06. The van der Waals surface area contributed by atoms with Crippen LogP contribution in [0.5, 0.6) is 0 Å². The molecule has 1 heterocycles. The molecule has 2 N–H and O–H groups in total. The Kier molecular flexibility index (Phi) is 6.04. The normalized spacial score (nSPS) is 12.0. The Labute approximate surface area is 170 Å². The largest absolute Gasteiger partial charge is 0.772 e. The van der Waals surface area contributed by atoms with Gasteiger partial charge < -0.3 is 4.55 Å². The first kappa shape index (κ1) is 20.3. The first-order valence-electron chi connectivity index (χ1n) is 7.77. The molecule has 0 spiro atoms. The molecule has 1 aromatic heterocycles. The zero-order chi connectivity index (χ0) is 20.4. The SMILES string of the molecule is Cc1ccc(Cl)c(C(=O)NC(=O)Nc2nc3ccc(CS(=O)[O-])cc3s2)c1F. The average Bonchev–Trinajstić information content (AvgIpc) is 2.99. The Bertz CT molecular complexity index is 1120. The van der Waals surface area contributed by atoms with Crippen LogP contribution in [0.2, 0.25) is 5.02 Å². The standard InChI is InChI=1S/C17H13ClFN3O4S2/c1-8-2-4-10(18)13(14(8)19)15(23)21-16(24)22-17-20-11-5-3-9(7-28(25)26)6-12(11)27-17/h2-6H,7H2,1H3,(H,25,26)(H2,20,21,22,23,24)/p-1. The van der Waals surface area contributed by atoms with E-state index in [2.05, 4.69) is 10.3 Å². The summed E-state index contributed by atoms with van der Waals surface area (Å²) in [5.74, 6) is -1.92. The van der Waals surface area contributed by atoms with Crippen molar-refractivity contribution in [3.8, 4) is 0 Å². The molecular formula is C17H12ClFN3O4S2-. The number of nitrogens with one attached hydrogen (secondary N) is 2. The summed E-state index contributed by atoms with van der Waals surface area (Å²) >= 11 is 4.74. The highest BCUT2D eigenvalue weighted by atomic mass is 35.5. The van der Waals surface area contributed by atoms with Crippen molar-refractivity contribution in [3.05, 3.63) is 57.9 Å². The Hall–Kier alpha value is -2.40. The number of aryl methyl sites for hydroxylation is 1. The maximum absolute atomic E-state index is 14.1. The fraction of sp³-hybridized carbons (Fsp3) is 0.118.